The topological polar surface area (TPSA) is 54.1 Å². The van der Waals surface area contributed by atoms with E-state index in [0.29, 0.717) is 12.5 Å². The molecule has 0 spiro atoms. The predicted molar refractivity (Wildman–Crippen MR) is 72.6 cm³/mol. The van der Waals surface area contributed by atoms with E-state index in [1.807, 2.05) is 11.8 Å². The Bertz CT molecular complexity index is 268. The van der Waals surface area contributed by atoms with E-state index in [-0.39, 0.29) is 6.10 Å². The van der Waals surface area contributed by atoms with Gasteiger partial charge in [-0.05, 0) is 7.05 Å². The second-order valence-electron chi connectivity index (χ2n) is 4.55. The smallest absolute Gasteiger partial charge is 0.191 e. The van der Waals surface area contributed by atoms with Crippen molar-refractivity contribution in [3.63, 3.8) is 0 Å². The first kappa shape index (κ1) is 13.0. The summed E-state index contributed by atoms with van der Waals surface area (Å²) in [4.78, 5) is 8.91. The van der Waals surface area contributed by atoms with Gasteiger partial charge in [-0.25, -0.2) is 0 Å². The van der Waals surface area contributed by atoms with Gasteiger partial charge in [-0.3, -0.25) is 4.99 Å². The average Bonchev–Trinajstić information content (AvgIpc) is 2.37. The fourth-order valence-electron chi connectivity index (χ4n) is 2.07. The molecule has 1 atom stereocenters. The lowest BCUT2D eigenvalue weighted by molar-refractivity contribution is -0.0137. The minimum absolute atomic E-state index is 0.200. The lowest BCUT2D eigenvalue weighted by Gasteiger charge is -2.30. The van der Waals surface area contributed by atoms with Crippen LogP contribution in [0, 0.1) is 0 Å². The van der Waals surface area contributed by atoms with Crippen molar-refractivity contribution in [2.45, 2.75) is 6.10 Å². The van der Waals surface area contributed by atoms with Gasteiger partial charge in [0.25, 0.3) is 0 Å². The number of guanidine groups is 1. The molecule has 0 bridgehead atoms. The molecule has 17 heavy (non-hydrogen) atoms. The van der Waals surface area contributed by atoms with Gasteiger partial charge in [0, 0.05) is 37.7 Å². The van der Waals surface area contributed by atoms with Crippen molar-refractivity contribution in [3.8, 4) is 0 Å². The number of morpholine rings is 1. The third-order valence-electron chi connectivity index (χ3n) is 3.13. The number of aliphatic imine (C=N–C) groups is 1. The van der Waals surface area contributed by atoms with Crippen molar-refractivity contribution in [1.82, 2.24) is 9.80 Å². The van der Waals surface area contributed by atoms with E-state index in [9.17, 15) is 0 Å². The van der Waals surface area contributed by atoms with Crippen LogP contribution in [0.3, 0.4) is 0 Å². The van der Waals surface area contributed by atoms with Crippen LogP contribution < -0.4 is 5.73 Å². The molecule has 0 aromatic rings. The van der Waals surface area contributed by atoms with Gasteiger partial charge in [0.15, 0.2) is 5.96 Å². The molecule has 2 N–H and O–H groups in total. The summed E-state index contributed by atoms with van der Waals surface area (Å²) >= 11 is 1.98. The standard InChI is InChI=1S/C11H22N4OS/c1-14-2-5-16-10(9-14)8-13-11(12)15-3-6-17-7-4-15/h10H,2-9H2,1H3,(H2,12,13). The summed E-state index contributed by atoms with van der Waals surface area (Å²) in [6.07, 6.45) is 0.200. The van der Waals surface area contributed by atoms with Crippen LogP contribution in [0.4, 0.5) is 0 Å². The van der Waals surface area contributed by atoms with Crippen LogP contribution in [0.15, 0.2) is 4.99 Å². The molecular formula is C11H22N4OS. The highest BCUT2D eigenvalue weighted by Crippen LogP contribution is 2.09. The molecule has 0 radical (unpaired) electrons. The van der Waals surface area contributed by atoms with Gasteiger partial charge in [0.2, 0.25) is 0 Å². The maximum absolute atomic E-state index is 6.00. The summed E-state index contributed by atoms with van der Waals surface area (Å²) in [7, 11) is 2.12. The van der Waals surface area contributed by atoms with E-state index in [1.54, 1.807) is 0 Å². The summed E-state index contributed by atoms with van der Waals surface area (Å²) < 4.78 is 5.66. The normalized spacial score (nSPS) is 28.4. The van der Waals surface area contributed by atoms with Gasteiger partial charge in [0.1, 0.15) is 0 Å². The Labute approximate surface area is 107 Å². The molecule has 2 aliphatic rings. The zero-order valence-corrected chi connectivity index (χ0v) is 11.3. The van der Waals surface area contributed by atoms with Crippen molar-refractivity contribution in [3.05, 3.63) is 0 Å². The van der Waals surface area contributed by atoms with Crippen LogP contribution in [0.5, 0.6) is 0 Å². The van der Waals surface area contributed by atoms with E-state index in [4.69, 9.17) is 10.5 Å². The first-order valence-corrected chi connectivity index (χ1v) is 7.34. The van der Waals surface area contributed by atoms with Gasteiger partial charge >= 0.3 is 0 Å². The number of thioether (sulfide) groups is 1. The molecule has 6 heteroatoms. The van der Waals surface area contributed by atoms with Gasteiger partial charge < -0.3 is 20.3 Å². The number of hydrogen-bond acceptors (Lipinski definition) is 4. The van der Waals surface area contributed by atoms with Crippen molar-refractivity contribution in [1.29, 1.82) is 0 Å². The van der Waals surface area contributed by atoms with Gasteiger partial charge in [-0.1, -0.05) is 0 Å². The number of hydrogen-bond donors (Lipinski definition) is 1. The minimum Gasteiger partial charge on any atom is -0.374 e. The summed E-state index contributed by atoms with van der Waals surface area (Å²) in [5.74, 6) is 2.99. The molecule has 2 aliphatic heterocycles. The fraction of sp³-hybridized carbons (Fsp3) is 0.909. The molecule has 0 amide bonds. The maximum atomic E-state index is 6.00. The Morgan fingerprint density at radius 2 is 2.18 bits per heavy atom. The highest BCUT2D eigenvalue weighted by molar-refractivity contribution is 7.99. The van der Waals surface area contributed by atoms with Crippen molar-refractivity contribution in [2.24, 2.45) is 10.7 Å². The Kier molecular flexibility index (Phi) is 4.94. The molecular weight excluding hydrogens is 236 g/mol. The summed E-state index contributed by atoms with van der Waals surface area (Å²) in [5.41, 5.74) is 6.00. The first-order valence-electron chi connectivity index (χ1n) is 6.18. The van der Waals surface area contributed by atoms with Gasteiger partial charge in [0.05, 0.1) is 19.3 Å². The minimum atomic E-state index is 0.200. The quantitative estimate of drug-likeness (QED) is 0.543. The van der Waals surface area contributed by atoms with Crippen LogP contribution in [-0.2, 0) is 4.74 Å². The molecule has 0 aliphatic carbocycles. The molecule has 1 unspecified atom stereocenters. The third-order valence-corrected chi connectivity index (χ3v) is 4.08. The van der Waals surface area contributed by atoms with Crippen LogP contribution in [-0.4, -0.2) is 79.7 Å². The van der Waals surface area contributed by atoms with Crippen molar-refractivity contribution >= 4 is 17.7 Å². The number of nitrogens with zero attached hydrogens (tertiary/aromatic N) is 3. The third kappa shape index (κ3) is 4.04. The molecule has 0 aromatic heterocycles. The zero-order valence-electron chi connectivity index (χ0n) is 10.5. The molecule has 2 rings (SSSR count). The SMILES string of the molecule is CN1CCOC(CN=C(N)N2CCSCC2)C1. The number of rotatable bonds is 2. The molecule has 0 saturated carbocycles. The van der Waals surface area contributed by atoms with Crippen molar-refractivity contribution < 1.29 is 4.74 Å². The molecule has 5 nitrogen and oxygen atoms in total. The Morgan fingerprint density at radius 1 is 1.41 bits per heavy atom. The molecule has 2 fully saturated rings. The lowest BCUT2D eigenvalue weighted by atomic mass is 10.3. The monoisotopic (exact) mass is 258 g/mol. The summed E-state index contributed by atoms with van der Waals surface area (Å²) in [5, 5.41) is 0. The van der Waals surface area contributed by atoms with Crippen LogP contribution in [0.2, 0.25) is 0 Å². The molecule has 0 aromatic carbocycles. The largest absolute Gasteiger partial charge is 0.374 e. The average molecular weight is 258 g/mol. The fourth-order valence-corrected chi connectivity index (χ4v) is 2.97. The van der Waals surface area contributed by atoms with Crippen LogP contribution in [0.1, 0.15) is 0 Å². The highest BCUT2D eigenvalue weighted by atomic mass is 32.2. The van der Waals surface area contributed by atoms with E-state index in [0.717, 1.165) is 44.3 Å². The summed E-state index contributed by atoms with van der Waals surface area (Å²) in [6.45, 7) is 5.49. The van der Waals surface area contributed by atoms with E-state index in [2.05, 4.69) is 21.8 Å². The Morgan fingerprint density at radius 3 is 2.88 bits per heavy atom. The number of ether oxygens (including phenoxy) is 1. The van der Waals surface area contributed by atoms with E-state index >= 15 is 0 Å². The number of likely N-dealkylation sites (N-methyl/N-ethyl adjacent to an activating group) is 1. The Hall–Kier alpha value is -0.460. The van der Waals surface area contributed by atoms with Crippen LogP contribution in [0.25, 0.3) is 0 Å². The van der Waals surface area contributed by atoms with E-state index < -0.39 is 0 Å². The summed E-state index contributed by atoms with van der Waals surface area (Å²) in [6, 6.07) is 0. The second kappa shape index (κ2) is 6.47. The highest BCUT2D eigenvalue weighted by Gasteiger charge is 2.18. The maximum Gasteiger partial charge on any atom is 0.191 e. The number of nitrogens with two attached hydrogens (primary N) is 1. The van der Waals surface area contributed by atoms with Crippen molar-refractivity contribution in [2.75, 3.05) is 57.9 Å². The predicted octanol–water partition coefficient (Wildman–Crippen LogP) is -0.319. The van der Waals surface area contributed by atoms with Crippen LogP contribution >= 0.6 is 11.8 Å². The lowest BCUT2D eigenvalue weighted by Crippen LogP contribution is -2.44. The molecule has 2 heterocycles. The molecule has 2 saturated heterocycles. The van der Waals surface area contributed by atoms with Gasteiger partial charge in [-0.2, -0.15) is 11.8 Å². The van der Waals surface area contributed by atoms with Gasteiger partial charge in [-0.15, -0.1) is 0 Å². The first-order chi connectivity index (χ1) is 8.25. The second-order valence-corrected chi connectivity index (χ2v) is 5.78. The van der Waals surface area contributed by atoms with E-state index in [1.165, 1.54) is 0 Å². The Balaban J connectivity index is 1.78. The zero-order chi connectivity index (χ0) is 12.1. The molecule has 98 valence electrons.